The minimum absolute atomic E-state index is 0.0302. The average molecular weight is 350 g/mol. The predicted molar refractivity (Wildman–Crippen MR) is 88.6 cm³/mol. The van der Waals surface area contributed by atoms with Crippen LogP contribution in [0.2, 0.25) is 5.02 Å². The van der Waals surface area contributed by atoms with Gasteiger partial charge in [0.1, 0.15) is 5.82 Å². The highest BCUT2D eigenvalue weighted by atomic mass is 35.5. The van der Waals surface area contributed by atoms with Gasteiger partial charge in [-0.15, -0.1) is 16.4 Å². The maximum absolute atomic E-state index is 14.0. The van der Waals surface area contributed by atoms with Crippen molar-refractivity contribution in [3.63, 3.8) is 0 Å². The molecule has 1 aliphatic carbocycles. The van der Waals surface area contributed by atoms with Crippen LogP contribution in [0.1, 0.15) is 24.4 Å². The van der Waals surface area contributed by atoms with E-state index in [4.69, 9.17) is 11.6 Å². The first kappa shape index (κ1) is 14.7. The molecule has 0 N–H and O–H groups in total. The number of benzene rings is 1. The summed E-state index contributed by atoms with van der Waals surface area (Å²) in [6.07, 6.45) is 1.95. The molecule has 0 aliphatic heterocycles. The van der Waals surface area contributed by atoms with E-state index in [0.29, 0.717) is 10.8 Å². The summed E-state index contributed by atoms with van der Waals surface area (Å²) in [7, 11) is 0. The Labute approximate surface area is 140 Å². The van der Waals surface area contributed by atoms with Crippen LogP contribution in [0.5, 0.6) is 0 Å². The Morgan fingerprint density at radius 2 is 2.13 bits per heavy atom. The molecule has 0 amide bonds. The smallest absolute Gasteiger partial charge is 0.271 e. The molecular weight excluding hydrogens is 337 g/mol. The third-order valence-electron chi connectivity index (χ3n) is 3.89. The van der Waals surface area contributed by atoms with Crippen molar-refractivity contribution in [3.8, 4) is 10.7 Å². The second-order valence-corrected chi connectivity index (χ2v) is 6.90. The van der Waals surface area contributed by atoms with Crippen molar-refractivity contribution >= 4 is 22.9 Å². The molecule has 3 aromatic rings. The zero-order chi connectivity index (χ0) is 16.0. The maximum atomic E-state index is 14.0. The third-order valence-corrected chi connectivity index (χ3v) is 5.11. The quantitative estimate of drug-likeness (QED) is 0.715. The van der Waals surface area contributed by atoms with E-state index in [9.17, 15) is 9.18 Å². The molecule has 0 spiro atoms. The van der Waals surface area contributed by atoms with Crippen LogP contribution in [0.3, 0.4) is 0 Å². The number of hydrogen-bond donors (Lipinski definition) is 0. The van der Waals surface area contributed by atoms with Gasteiger partial charge in [0, 0.05) is 16.6 Å². The van der Waals surface area contributed by atoms with E-state index in [-0.39, 0.29) is 23.8 Å². The first-order valence-corrected chi connectivity index (χ1v) is 8.57. The first-order chi connectivity index (χ1) is 11.1. The zero-order valence-corrected chi connectivity index (χ0v) is 13.6. The van der Waals surface area contributed by atoms with E-state index in [1.165, 1.54) is 22.1 Å². The fourth-order valence-electron chi connectivity index (χ4n) is 2.59. The molecule has 0 saturated heterocycles. The van der Waals surface area contributed by atoms with Crippen molar-refractivity contribution in [2.45, 2.75) is 25.4 Å². The average Bonchev–Trinajstić information content (AvgIpc) is 3.10. The summed E-state index contributed by atoms with van der Waals surface area (Å²) in [4.78, 5) is 13.6. The number of nitrogens with zero attached hydrogens (tertiary/aromatic N) is 3. The van der Waals surface area contributed by atoms with Gasteiger partial charge in [-0.05, 0) is 36.4 Å². The fraction of sp³-hybridized carbons (Fsp3) is 0.250. The van der Waals surface area contributed by atoms with E-state index in [2.05, 4.69) is 5.10 Å². The Bertz CT molecular complexity index is 892. The van der Waals surface area contributed by atoms with E-state index in [1.54, 1.807) is 16.7 Å². The van der Waals surface area contributed by atoms with Crippen molar-refractivity contribution in [3.05, 3.63) is 62.6 Å². The molecule has 0 atom stereocenters. The molecule has 0 bridgehead atoms. The van der Waals surface area contributed by atoms with Gasteiger partial charge in [-0.1, -0.05) is 23.7 Å². The van der Waals surface area contributed by atoms with Crippen molar-refractivity contribution in [1.82, 2.24) is 14.3 Å². The monoisotopic (exact) mass is 349 g/mol. The largest absolute Gasteiger partial charge is 0.346 e. The first-order valence-electron chi connectivity index (χ1n) is 7.31. The molecule has 4 nitrogen and oxygen atoms in total. The molecule has 1 fully saturated rings. The summed E-state index contributed by atoms with van der Waals surface area (Å²) >= 11 is 7.60. The van der Waals surface area contributed by atoms with Crippen LogP contribution >= 0.6 is 22.9 Å². The molecule has 118 valence electrons. The molecule has 0 unspecified atom stereocenters. The van der Waals surface area contributed by atoms with Gasteiger partial charge in [0.05, 0.1) is 11.4 Å². The van der Waals surface area contributed by atoms with Gasteiger partial charge in [0.2, 0.25) is 0 Å². The lowest BCUT2D eigenvalue weighted by molar-refractivity contribution is 0.571. The number of halogens is 2. The van der Waals surface area contributed by atoms with Crippen LogP contribution in [0.25, 0.3) is 10.7 Å². The highest BCUT2D eigenvalue weighted by molar-refractivity contribution is 7.13. The van der Waals surface area contributed by atoms with Gasteiger partial charge in [0.25, 0.3) is 0 Å². The normalized spacial score (nSPS) is 14.3. The standard InChI is InChI=1S/C16H13ClFN3OS/c17-12-3-1-4-13(18)11(12)9-20-16(22)21(10-6-7-10)15(19-20)14-5-2-8-23-14/h1-5,8,10H,6-7,9H2. The number of rotatable bonds is 4. The van der Waals surface area contributed by atoms with Crippen LogP contribution in [0.15, 0.2) is 40.5 Å². The third kappa shape index (κ3) is 2.62. The van der Waals surface area contributed by atoms with E-state index >= 15 is 0 Å². The molecule has 2 aromatic heterocycles. The van der Waals surface area contributed by atoms with Gasteiger partial charge in [-0.25, -0.2) is 13.9 Å². The van der Waals surface area contributed by atoms with Crippen molar-refractivity contribution in [2.24, 2.45) is 0 Å². The molecular formula is C16H13ClFN3OS. The molecule has 7 heteroatoms. The molecule has 0 radical (unpaired) electrons. The summed E-state index contributed by atoms with van der Waals surface area (Å²) < 4.78 is 17.0. The van der Waals surface area contributed by atoms with Crippen LogP contribution < -0.4 is 5.69 Å². The summed E-state index contributed by atoms with van der Waals surface area (Å²) in [6, 6.07) is 8.56. The van der Waals surface area contributed by atoms with Crippen LogP contribution in [-0.4, -0.2) is 14.3 Å². The van der Waals surface area contributed by atoms with Gasteiger partial charge >= 0.3 is 5.69 Å². The van der Waals surface area contributed by atoms with Gasteiger partial charge in [0.15, 0.2) is 5.82 Å². The maximum Gasteiger partial charge on any atom is 0.346 e. The van der Waals surface area contributed by atoms with Crippen LogP contribution in [0.4, 0.5) is 4.39 Å². The zero-order valence-electron chi connectivity index (χ0n) is 12.1. The fourth-order valence-corrected chi connectivity index (χ4v) is 3.52. The molecule has 1 aliphatic rings. The second-order valence-electron chi connectivity index (χ2n) is 5.54. The van der Waals surface area contributed by atoms with E-state index in [0.717, 1.165) is 17.7 Å². The number of hydrogen-bond acceptors (Lipinski definition) is 3. The minimum Gasteiger partial charge on any atom is -0.271 e. The Morgan fingerprint density at radius 1 is 1.30 bits per heavy atom. The lowest BCUT2D eigenvalue weighted by Gasteiger charge is -2.04. The van der Waals surface area contributed by atoms with Gasteiger partial charge in [-0.3, -0.25) is 4.57 Å². The molecule has 1 aromatic carbocycles. The number of aromatic nitrogens is 3. The Morgan fingerprint density at radius 3 is 2.78 bits per heavy atom. The van der Waals surface area contributed by atoms with E-state index in [1.807, 2.05) is 17.5 Å². The molecule has 23 heavy (non-hydrogen) atoms. The van der Waals surface area contributed by atoms with E-state index < -0.39 is 5.82 Å². The highest BCUT2D eigenvalue weighted by Gasteiger charge is 2.30. The van der Waals surface area contributed by atoms with Crippen molar-refractivity contribution < 1.29 is 4.39 Å². The van der Waals surface area contributed by atoms with Gasteiger partial charge < -0.3 is 0 Å². The van der Waals surface area contributed by atoms with Crippen molar-refractivity contribution in [1.29, 1.82) is 0 Å². The Hall–Kier alpha value is -1.92. The van der Waals surface area contributed by atoms with Crippen LogP contribution in [-0.2, 0) is 6.54 Å². The second kappa shape index (κ2) is 5.62. The SMILES string of the molecule is O=c1n(Cc2c(F)cccc2Cl)nc(-c2cccs2)n1C1CC1. The number of thiophene rings is 1. The Kier molecular flexibility index (Phi) is 3.58. The predicted octanol–water partition coefficient (Wildman–Crippen LogP) is 3.95. The molecule has 1 saturated carbocycles. The Balaban J connectivity index is 1.81. The lowest BCUT2D eigenvalue weighted by atomic mass is 10.2. The van der Waals surface area contributed by atoms with Gasteiger partial charge in [-0.2, -0.15) is 0 Å². The summed E-state index contributed by atoms with van der Waals surface area (Å²) in [5.74, 6) is 0.225. The summed E-state index contributed by atoms with van der Waals surface area (Å²) in [6.45, 7) is 0.0302. The van der Waals surface area contributed by atoms with Crippen LogP contribution in [0, 0.1) is 5.82 Å². The lowest BCUT2D eigenvalue weighted by Crippen LogP contribution is -2.25. The minimum atomic E-state index is -0.428. The molecule has 4 rings (SSSR count). The van der Waals surface area contributed by atoms with Crippen molar-refractivity contribution in [2.75, 3.05) is 0 Å². The summed E-state index contributed by atoms with van der Waals surface area (Å²) in [5, 5.41) is 6.69. The molecule has 2 heterocycles. The summed E-state index contributed by atoms with van der Waals surface area (Å²) in [5.41, 5.74) is 0.0738. The highest BCUT2D eigenvalue weighted by Crippen LogP contribution is 2.37. The topological polar surface area (TPSA) is 39.8 Å².